The van der Waals surface area contributed by atoms with Crippen LogP contribution >= 0.6 is 24.0 Å². The smallest absolute Gasteiger partial charge is 0.194 e. The number of nitrogens with one attached hydrogen (secondary N) is 1. The Bertz CT molecular complexity index is 783. The summed E-state index contributed by atoms with van der Waals surface area (Å²) in [6.07, 6.45) is 10.9. The summed E-state index contributed by atoms with van der Waals surface area (Å²) < 4.78 is 7.68. The monoisotopic (exact) mass is 526 g/mol. The number of aryl methyl sites for hydroxylation is 1. The number of halogens is 1. The highest BCUT2D eigenvalue weighted by atomic mass is 127. The van der Waals surface area contributed by atoms with Crippen molar-refractivity contribution in [3.8, 4) is 0 Å². The first-order valence-corrected chi connectivity index (χ1v) is 11.0. The van der Waals surface area contributed by atoms with Gasteiger partial charge in [0.15, 0.2) is 5.96 Å². The van der Waals surface area contributed by atoms with E-state index in [1.54, 1.807) is 6.26 Å². The summed E-state index contributed by atoms with van der Waals surface area (Å²) in [4.78, 5) is 10.0. The molecule has 2 fully saturated rings. The molecule has 0 saturated carbocycles. The molecule has 30 heavy (non-hydrogen) atoms. The molecule has 2 aliphatic rings. The van der Waals surface area contributed by atoms with Crippen LogP contribution < -0.4 is 5.32 Å². The quantitative estimate of drug-likeness (QED) is 0.354. The van der Waals surface area contributed by atoms with Crippen LogP contribution in [0.1, 0.15) is 55.9 Å². The molecule has 2 aromatic rings. The number of piperidine rings is 1. The fourth-order valence-corrected chi connectivity index (χ4v) is 4.57. The molecule has 2 aromatic heterocycles. The Morgan fingerprint density at radius 1 is 1.30 bits per heavy atom. The summed E-state index contributed by atoms with van der Waals surface area (Å²) in [5, 5.41) is 7.85. The van der Waals surface area contributed by atoms with Gasteiger partial charge in [-0.05, 0) is 57.0 Å². The predicted octanol–water partition coefficient (Wildman–Crippen LogP) is 3.61. The lowest BCUT2D eigenvalue weighted by molar-refractivity contribution is 0.150. The molecule has 2 aliphatic heterocycles. The van der Waals surface area contributed by atoms with Crippen molar-refractivity contribution in [3.05, 3.63) is 42.1 Å². The summed E-state index contributed by atoms with van der Waals surface area (Å²) in [6.45, 7) is 8.02. The van der Waals surface area contributed by atoms with Gasteiger partial charge in [-0.1, -0.05) is 6.42 Å². The van der Waals surface area contributed by atoms with Crippen LogP contribution in [0.2, 0.25) is 0 Å². The van der Waals surface area contributed by atoms with Crippen LogP contribution in [-0.4, -0.2) is 64.8 Å². The third kappa shape index (κ3) is 5.57. The van der Waals surface area contributed by atoms with E-state index in [1.807, 2.05) is 24.0 Å². The first-order chi connectivity index (χ1) is 14.2. The summed E-state index contributed by atoms with van der Waals surface area (Å²) in [5.74, 6) is 2.57. The predicted molar refractivity (Wildman–Crippen MR) is 130 cm³/mol. The summed E-state index contributed by atoms with van der Waals surface area (Å²) in [5.41, 5.74) is 1.33. The molecule has 2 atom stereocenters. The van der Waals surface area contributed by atoms with Crippen molar-refractivity contribution >= 4 is 29.9 Å². The molecule has 0 spiro atoms. The SMILES string of the molecule is CCNC(=NCC(c1ccco1)N1CCCCC1)N1CCC(c2cnn(C)c2)C1.I. The number of hydrogen-bond donors (Lipinski definition) is 1. The van der Waals surface area contributed by atoms with E-state index < -0.39 is 0 Å². The van der Waals surface area contributed by atoms with E-state index in [4.69, 9.17) is 9.41 Å². The third-order valence-electron chi connectivity index (χ3n) is 6.14. The Kier molecular flexibility index (Phi) is 8.61. The number of aliphatic imine (C=N–C) groups is 1. The van der Waals surface area contributed by atoms with Crippen LogP contribution in [0.25, 0.3) is 0 Å². The van der Waals surface area contributed by atoms with Gasteiger partial charge in [-0.2, -0.15) is 5.10 Å². The number of furan rings is 1. The van der Waals surface area contributed by atoms with Gasteiger partial charge < -0.3 is 14.6 Å². The number of nitrogens with zero attached hydrogens (tertiary/aromatic N) is 5. The Hall–Kier alpha value is -1.55. The second-order valence-corrected chi connectivity index (χ2v) is 8.20. The summed E-state index contributed by atoms with van der Waals surface area (Å²) in [6, 6.07) is 4.30. The molecule has 4 heterocycles. The van der Waals surface area contributed by atoms with E-state index in [-0.39, 0.29) is 30.0 Å². The van der Waals surface area contributed by atoms with E-state index in [1.165, 1.54) is 24.8 Å². The lowest BCUT2D eigenvalue weighted by atomic mass is 10.0. The molecule has 166 valence electrons. The Morgan fingerprint density at radius 2 is 2.13 bits per heavy atom. The number of hydrogen-bond acceptors (Lipinski definition) is 4. The molecular weight excluding hydrogens is 491 g/mol. The summed E-state index contributed by atoms with van der Waals surface area (Å²) in [7, 11) is 1.98. The zero-order chi connectivity index (χ0) is 20.1. The van der Waals surface area contributed by atoms with Crippen molar-refractivity contribution in [2.24, 2.45) is 12.0 Å². The molecule has 2 saturated heterocycles. The number of aromatic nitrogens is 2. The molecule has 0 bridgehead atoms. The van der Waals surface area contributed by atoms with Crippen LogP contribution in [0, 0.1) is 0 Å². The first kappa shape index (κ1) is 23.1. The van der Waals surface area contributed by atoms with Gasteiger partial charge in [0, 0.05) is 38.8 Å². The maximum atomic E-state index is 5.79. The van der Waals surface area contributed by atoms with Gasteiger partial charge in [0.05, 0.1) is 25.0 Å². The van der Waals surface area contributed by atoms with E-state index >= 15 is 0 Å². The normalized spacial score (nSPS) is 21.5. The minimum absolute atomic E-state index is 0. The van der Waals surface area contributed by atoms with Crippen molar-refractivity contribution in [1.29, 1.82) is 0 Å². The maximum absolute atomic E-state index is 5.79. The highest BCUT2D eigenvalue weighted by Gasteiger charge is 2.28. The standard InChI is InChI=1S/C22H34N6O.HI/c1-3-23-22(28-12-9-18(17-28)19-14-25-26(2)16-19)24-15-20(21-8-7-13-29-21)27-10-5-4-6-11-27;/h7-8,13-14,16,18,20H,3-6,9-12,15,17H2,1-2H3,(H,23,24);1H. The van der Waals surface area contributed by atoms with Crippen LogP contribution in [0.3, 0.4) is 0 Å². The van der Waals surface area contributed by atoms with E-state index in [0.717, 1.165) is 57.4 Å². The largest absolute Gasteiger partial charge is 0.468 e. The van der Waals surface area contributed by atoms with Crippen molar-refractivity contribution in [2.45, 2.75) is 44.6 Å². The second-order valence-electron chi connectivity index (χ2n) is 8.20. The van der Waals surface area contributed by atoms with Gasteiger partial charge >= 0.3 is 0 Å². The topological polar surface area (TPSA) is 61.8 Å². The number of rotatable bonds is 6. The molecule has 7 nitrogen and oxygen atoms in total. The van der Waals surface area contributed by atoms with Crippen molar-refractivity contribution in [3.63, 3.8) is 0 Å². The lowest BCUT2D eigenvalue weighted by Crippen LogP contribution is -2.41. The molecular formula is C22H35IN6O. The Morgan fingerprint density at radius 3 is 2.80 bits per heavy atom. The molecule has 0 amide bonds. The van der Waals surface area contributed by atoms with E-state index in [9.17, 15) is 0 Å². The fraction of sp³-hybridized carbons (Fsp3) is 0.636. The minimum atomic E-state index is 0. The van der Waals surface area contributed by atoms with Crippen LogP contribution in [0.4, 0.5) is 0 Å². The molecule has 0 aliphatic carbocycles. The number of likely N-dealkylation sites (tertiary alicyclic amines) is 2. The average molecular weight is 526 g/mol. The molecule has 4 rings (SSSR count). The average Bonchev–Trinajstić information content (AvgIpc) is 3.50. The maximum Gasteiger partial charge on any atom is 0.194 e. The second kappa shape index (κ2) is 11.2. The van der Waals surface area contributed by atoms with Gasteiger partial charge in [-0.25, -0.2) is 0 Å². The Labute approximate surface area is 196 Å². The molecule has 0 aromatic carbocycles. The van der Waals surface area contributed by atoms with Crippen LogP contribution in [0.5, 0.6) is 0 Å². The van der Waals surface area contributed by atoms with Crippen molar-refractivity contribution < 1.29 is 4.42 Å². The van der Waals surface area contributed by atoms with Crippen molar-refractivity contribution in [1.82, 2.24) is 24.9 Å². The number of guanidine groups is 1. The van der Waals surface area contributed by atoms with Gasteiger partial charge in [-0.3, -0.25) is 14.6 Å². The highest BCUT2D eigenvalue weighted by Crippen LogP contribution is 2.28. The van der Waals surface area contributed by atoms with Crippen molar-refractivity contribution in [2.75, 3.05) is 39.3 Å². The third-order valence-corrected chi connectivity index (χ3v) is 6.14. The van der Waals surface area contributed by atoms with Gasteiger partial charge in [0.25, 0.3) is 0 Å². The van der Waals surface area contributed by atoms with Crippen LogP contribution in [0.15, 0.2) is 40.2 Å². The molecule has 0 radical (unpaired) electrons. The van der Waals surface area contributed by atoms with Gasteiger partial charge in [0.1, 0.15) is 5.76 Å². The van der Waals surface area contributed by atoms with Crippen LogP contribution in [-0.2, 0) is 7.05 Å². The van der Waals surface area contributed by atoms with E-state index in [0.29, 0.717) is 5.92 Å². The fourth-order valence-electron chi connectivity index (χ4n) is 4.57. The molecule has 1 N–H and O–H groups in total. The highest BCUT2D eigenvalue weighted by molar-refractivity contribution is 14.0. The minimum Gasteiger partial charge on any atom is -0.468 e. The zero-order valence-electron chi connectivity index (χ0n) is 18.2. The lowest BCUT2D eigenvalue weighted by Gasteiger charge is -2.33. The summed E-state index contributed by atoms with van der Waals surface area (Å²) >= 11 is 0. The molecule has 2 unspecified atom stereocenters. The van der Waals surface area contributed by atoms with Gasteiger partial charge in [-0.15, -0.1) is 24.0 Å². The Balaban J connectivity index is 0.00000256. The van der Waals surface area contributed by atoms with E-state index in [2.05, 4.69) is 39.4 Å². The first-order valence-electron chi connectivity index (χ1n) is 11.0. The van der Waals surface area contributed by atoms with Gasteiger partial charge in [0.2, 0.25) is 0 Å². The zero-order valence-corrected chi connectivity index (χ0v) is 20.5. The molecule has 8 heteroatoms.